The molecule has 1 aromatic carbocycles. The molecule has 0 atom stereocenters. The van der Waals surface area contributed by atoms with E-state index in [9.17, 15) is 4.79 Å². The molecule has 0 aliphatic carbocycles. The van der Waals surface area contributed by atoms with Gasteiger partial charge in [0.1, 0.15) is 11.6 Å². The van der Waals surface area contributed by atoms with Crippen LogP contribution in [0.3, 0.4) is 0 Å². The number of nitrogens with one attached hydrogen (secondary N) is 3. The van der Waals surface area contributed by atoms with Crippen LogP contribution in [0.4, 0.5) is 11.6 Å². The number of carbonyl (C=O) groups excluding carboxylic acids is 1. The van der Waals surface area contributed by atoms with Gasteiger partial charge in [0.2, 0.25) is 5.91 Å². The van der Waals surface area contributed by atoms with Crippen molar-refractivity contribution in [3.05, 3.63) is 42.9 Å². The largest absolute Gasteiger partial charge is 0.367 e. The Morgan fingerprint density at radius 3 is 2.70 bits per heavy atom. The van der Waals surface area contributed by atoms with E-state index in [-0.39, 0.29) is 17.9 Å². The second-order valence-corrected chi connectivity index (χ2v) is 7.06. The molecule has 27 heavy (non-hydrogen) atoms. The molecule has 138 valence electrons. The van der Waals surface area contributed by atoms with E-state index in [2.05, 4.69) is 44.7 Å². The average Bonchev–Trinajstić information content (AvgIpc) is 2.59. The number of fused-ring (bicyclic) bond motifs is 1. The molecule has 7 nitrogen and oxygen atoms in total. The first-order valence-corrected chi connectivity index (χ1v) is 9.09. The maximum atomic E-state index is 12.1. The number of carbonyl (C=O) groups is 1. The van der Waals surface area contributed by atoms with Gasteiger partial charge in [-0.2, -0.15) is 0 Å². The summed E-state index contributed by atoms with van der Waals surface area (Å²) in [5, 5.41) is 11.3. The van der Waals surface area contributed by atoms with Crippen molar-refractivity contribution < 1.29 is 4.79 Å². The molecule has 1 aliphatic rings. The van der Waals surface area contributed by atoms with Crippen molar-refractivity contribution in [2.45, 2.75) is 19.9 Å². The molecule has 0 spiro atoms. The lowest BCUT2D eigenvalue weighted by Crippen LogP contribution is -2.48. The summed E-state index contributed by atoms with van der Waals surface area (Å²) in [6.07, 6.45) is 5.24. The molecule has 0 bridgehead atoms. The molecule has 2 aromatic heterocycles. The molecule has 4 rings (SSSR count). The highest BCUT2D eigenvalue weighted by Crippen LogP contribution is 2.25. The smallest absolute Gasteiger partial charge is 0.231 e. The molecule has 3 heterocycles. The third-order valence-corrected chi connectivity index (χ3v) is 4.49. The number of hydrogen-bond acceptors (Lipinski definition) is 6. The van der Waals surface area contributed by atoms with Crippen LogP contribution < -0.4 is 16.0 Å². The van der Waals surface area contributed by atoms with E-state index < -0.39 is 0 Å². The predicted octanol–water partition coefficient (Wildman–Crippen LogP) is 2.67. The van der Waals surface area contributed by atoms with Crippen LogP contribution in [0.25, 0.3) is 22.0 Å². The number of nitrogens with zero attached hydrogens (tertiary/aromatic N) is 3. The minimum Gasteiger partial charge on any atom is -0.367 e. The van der Waals surface area contributed by atoms with E-state index in [0.717, 1.165) is 40.9 Å². The van der Waals surface area contributed by atoms with Crippen molar-refractivity contribution in [3.63, 3.8) is 0 Å². The molecule has 3 aromatic rings. The number of aromatic nitrogens is 3. The molecule has 0 radical (unpaired) electrons. The van der Waals surface area contributed by atoms with E-state index in [1.807, 2.05) is 24.3 Å². The Kier molecular flexibility index (Phi) is 4.68. The van der Waals surface area contributed by atoms with Crippen LogP contribution in [0.5, 0.6) is 0 Å². The third kappa shape index (κ3) is 3.88. The predicted molar refractivity (Wildman–Crippen MR) is 107 cm³/mol. The summed E-state index contributed by atoms with van der Waals surface area (Å²) in [6, 6.07) is 8.23. The summed E-state index contributed by atoms with van der Waals surface area (Å²) in [7, 11) is 0. The molecule has 3 N–H and O–H groups in total. The summed E-state index contributed by atoms with van der Waals surface area (Å²) in [4.78, 5) is 25.4. The van der Waals surface area contributed by atoms with Gasteiger partial charge in [-0.1, -0.05) is 12.1 Å². The summed E-state index contributed by atoms with van der Waals surface area (Å²) in [5.41, 5.74) is 1.76. The molecule has 0 unspecified atom stereocenters. The zero-order valence-corrected chi connectivity index (χ0v) is 15.4. The topological polar surface area (TPSA) is 91.8 Å². The number of benzene rings is 1. The van der Waals surface area contributed by atoms with Crippen molar-refractivity contribution in [2.24, 2.45) is 5.92 Å². The Morgan fingerprint density at radius 2 is 1.96 bits per heavy atom. The van der Waals surface area contributed by atoms with Gasteiger partial charge in [0.05, 0.1) is 24.0 Å². The zero-order chi connectivity index (χ0) is 18.8. The van der Waals surface area contributed by atoms with Crippen molar-refractivity contribution in [1.82, 2.24) is 20.3 Å². The fourth-order valence-corrected chi connectivity index (χ4v) is 2.94. The van der Waals surface area contributed by atoms with E-state index in [0.29, 0.717) is 5.82 Å². The van der Waals surface area contributed by atoms with Gasteiger partial charge in [0.25, 0.3) is 0 Å². The fourth-order valence-electron chi connectivity index (χ4n) is 2.94. The average molecular weight is 362 g/mol. The van der Waals surface area contributed by atoms with Gasteiger partial charge < -0.3 is 16.0 Å². The monoisotopic (exact) mass is 362 g/mol. The maximum Gasteiger partial charge on any atom is 0.231 e. The summed E-state index contributed by atoms with van der Waals surface area (Å²) < 4.78 is 0. The Balaban J connectivity index is 1.61. The second-order valence-electron chi connectivity index (χ2n) is 7.06. The summed E-state index contributed by atoms with van der Waals surface area (Å²) in [5.74, 6) is 1.35. The minimum atomic E-state index is 0.00934. The van der Waals surface area contributed by atoms with Gasteiger partial charge in [-0.05, 0) is 31.4 Å². The molecular weight excluding hydrogens is 340 g/mol. The normalized spacial score (nSPS) is 14.2. The van der Waals surface area contributed by atoms with Crippen molar-refractivity contribution in [2.75, 3.05) is 23.7 Å². The van der Waals surface area contributed by atoms with Crippen LogP contribution in [0.15, 0.2) is 42.9 Å². The van der Waals surface area contributed by atoms with E-state index in [1.54, 1.807) is 18.6 Å². The Morgan fingerprint density at radius 1 is 1.11 bits per heavy atom. The Bertz CT molecular complexity index is 983. The molecule has 1 saturated heterocycles. The van der Waals surface area contributed by atoms with Crippen LogP contribution >= 0.6 is 0 Å². The van der Waals surface area contributed by atoms with Gasteiger partial charge >= 0.3 is 0 Å². The van der Waals surface area contributed by atoms with Crippen LogP contribution in [0.2, 0.25) is 0 Å². The van der Waals surface area contributed by atoms with Gasteiger partial charge in [-0.15, -0.1) is 0 Å². The number of hydrogen-bond donors (Lipinski definition) is 3. The van der Waals surface area contributed by atoms with Gasteiger partial charge in [-0.3, -0.25) is 9.78 Å². The maximum absolute atomic E-state index is 12.1. The first kappa shape index (κ1) is 17.4. The number of amides is 1. The third-order valence-electron chi connectivity index (χ3n) is 4.49. The summed E-state index contributed by atoms with van der Waals surface area (Å²) >= 11 is 0. The zero-order valence-electron chi connectivity index (χ0n) is 15.4. The highest BCUT2D eigenvalue weighted by molar-refractivity contribution is 5.95. The molecule has 1 amide bonds. The number of anilines is 2. The quantitative estimate of drug-likeness (QED) is 0.646. The standard InChI is InChI=1S/C20H22N6O/c1-12(2)24-19-11-22-10-17(25-19)13-3-4-14-9-23-18(6-15(14)5-13)26-20(27)16-7-21-8-16/h3-6,9-12,16,21H,7-8H2,1-2H3,(H,24,25)(H,23,26,27). The SMILES string of the molecule is CC(C)Nc1cncc(-c2ccc3cnc(NC(=O)C4CNC4)cc3c2)n1. The lowest BCUT2D eigenvalue weighted by Gasteiger charge is -2.25. The van der Waals surface area contributed by atoms with Gasteiger partial charge in [0.15, 0.2) is 0 Å². The van der Waals surface area contributed by atoms with Crippen molar-refractivity contribution >= 4 is 28.3 Å². The lowest BCUT2D eigenvalue weighted by atomic mass is 10.0. The second kappa shape index (κ2) is 7.28. The van der Waals surface area contributed by atoms with Crippen molar-refractivity contribution in [3.8, 4) is 11.3 Å². The first-order valence-electron chi connectivity index (χ1n) is 9.09. The summed E-state index contributed by atoms with van der Waals surface area (Å²) in [6.45, 7) is 5.58. The first-order chi connectivity index (χ1) is 13.1. The highest BCUT2D eigenvalue weighted by atomic mass is 16.2. The minimum absolute atomic E-state index is 0.00934. The molecule has 7 heteroatoms. The number of rotatable bonds is 5. The Hall–Kier alpha value is -3.06. The van der Waals surface area contributed by atoms with Crippen molar-refractivity contribution in [1.29, 1.82) is 0 Å². The van der Waals surface area contributed by atoms with Crippen LogP contribution in [-0.4, -0.2) is 40.0 Å². The van der Waals surface area contributed by atoms with Crippen LogP contribution in [-0.2, 0) is 4.79 Å². The van der Waals surface area contributed by atoms with Gasteiger partial charge in [-0.25, -0.2) is 9.97 Å². The van der Waals surface area contributed by atoms with E-state index >= 15 is 0 Å². The fraction of sp³-hybridized carbons (Fsp3) is 0.300. The van der Waals surface area contributed by atoms with Crippen LogP contribution in [0.1, 0.15) is 13.8 Å². The molecule has 1 aliphatic heterocycles. The number of pyridine rings is 1. The molecule has 0 saturated carbocycles. The molecule has 1 fully saturated rings. The van der Waals surface area contributed by atoms with Crippen LogP contribution in [0, 0.1) is 5.92 Å². The Labute approximate surface area is 157 Å². The van der Waals surface area contributed by atoms with Gasteiger partial charge in [0, 0.05) is 36.3 Å². The lowest BCUT2D eigenvalue weighted by molar-refractivity contribution is -0.121. The highest BCUT2D eigenvalue weighted by Gasteiger charge is 2.25. The molecular formula is C20H22N6O. The van der Waals surface area contributed by atoms with E-state index in [1.165, 1.54) is 0 Å². The van der Waals surface area contributed by atoms with E-state index in [4.69, 9.17) is 0 Å².